The van der Waals surface area contributed by atoms with Crippen LogP contribution in [0.15, 0.2) is 24.7 Å². The third-order valence-corrected chi connectivity index (χ3v) is 4.01. The van der Waals surface area contributed by atoms with Crippen LogP contribution < -0.4 is 10.2 Å². The average molecular weight is 366 g/mol. The van der Waals surface area contributed by atoms with E-state index in [1.54, 1.807) is 4.90 Å². The monoisotopic (exact) mass is 366 g/mol. The Hall–Kier alpha value is -2.78. The second kappa shape index (κ2) is 7.22. The fourth-order valence-electron chi connectivity index (χ4n) is 2.85. The summed E-state index contributed by atoms with van der Waals surface area (Å²) in [4.78, 5) is 29.2. The zero-order chi connectivity index (χ0) is 18.7. The summed E-state index contributed by atoms with van der Waals surface area (Å²) in [6, 6.07) is 2.23. The lowest BCUT2D eigenvalue weighted by atomic mass is 10.1. The highest BCUT2D eigenvalue weighted by Crippen LogP contribution is 2.30. The van der Waals surface area contributed by atoms with Crippen LogP contribution in [0.3, 0.4) is 0 Å². The highest BCUT2D eigenvalue weighted by atomic mass is 19.4. The smallest absolute Gasteiger partial charge is 0.354 e. The quantitative estimate of drug-likeness (QED) is 0.894. The molecule has 2 aromatic heterocycles. The zero-order valence-corrected chi connectivity index (χ0v) is 14.0. The van der Waals surface area contributed by atoms with Crippen LogP contribution in [0, 0.1) is 6.92 Å². The zero-order valence-electron chi connectivity index (χ0n) is 14.0. The largest absolute Gasteiger partial charge is 0.433 e. The van der Waals surface area contributed by atoms with Crippen LogP contribution in [-0.2, 0) is 6.18 Å². The normalized spacial score (nSPS) is 17.8. The molecule has 1 fully saturated rings. The number of nitrogens with zero attached hydrogens (tertiary/aromatic N) is 5. The molecule has 1 unspecified atom stereocenters. The second-order valence-electron chi connectivity index (χ2n) is 6.01. The number of aromatic nitrogens is 4. The van der Waals surface area contributed by atoms with Gasteiger partial charge in [0.2, 0.25) is 0 Å². The van der Waals surface area contributed by atoms with E-state index >= 15 is 0 Å². The minimum Gasteiger partial charge on any atom is -0.354 e. The highest BCUT2D eigenvalue weighted by Gasteiger charge is 2.34. The molecule has 1 aliphatic rings. The number of amides is 1. The molecule has 0 radical (unpaired) electrons. The number of hydrogen-bond acceptors (Lipinski definition) is 6. The van der Waals surface area contributed by atoms with E-state index in [2.05, 4.69) is 25.3 Å². The molecular formula is C16H17F3N6O. The summed E-state index contributed by atoms with van der Waals surface area (Å²) in [6.07, 6.45) is -0.330. The molecule has 7 nitrogen and oxygen atoms in total. The third kappa shape index (κ3) is 4.24. The first-order chi connectivity index (χ1) is 12.3. The van der Waals surface area contributed by atoms with Crippen LogP contribution in [-0.4, -0.2) is 45.0 Å². The topological polar surface area (TPSA) is 83.9 Å². The summed E-state index contributed by atoms with van der Waals surface area (Å²) in [6.45, 7) is 2.36. The summed E-state index contributed by atoms with van der Waals surface area (Å²) >= 11 is 0. The molecule has 1 amide bonds. The highest BCUT2D eigenvalue weighted by molar-refractivity contribution is 5.92. The maximum atomic E-state index is 13.0. The molecular weight excluding hydrogens is 349 g/mol. The minimum atomic E-state index is -4.53. The van der Waals surface area contributed by atoms with Crippen molar-refractivity contribution in [3.05, 3.63) is 41.9 Å². The van der Waals surface area contributed by atoms with Crippen molar-refractivity contribution >= 4 is 11.7 Å². The van der Waals surface area contributed by atoms with Gasteiger partial charge < -0.3 is 10.2 Å². The van der Waals surface area contributed by atoms with E-state index in [0.717, 1.165) is 18.9 Å². The first-order valence-corrected chi connectivity index (χ1v) is 8.07. The first-order valence-electron chi connectivity index (χ1n) is 8.07. The standard InChI is InChI=1S/C16H17F3N6O/c1-10-22-13(16(17,18)19)7-14(23-10)25-6-2-3-11(8-25)24-15(26)12-4-5-20-9-21-12/h4-5,7,9,11H,2-3,6,8H2,1H3,(H,24,26). The molecule has 26 heavy (non-hydrogen) atoms. The molecule has 3 heterocycles. The van der Waals surface area contributed by atoms with Gasteiger partial charge in [-0.2, -0.15) is 13.2 Å². The summed E-state index contributed by atoms with van der Waals surface area (Å²) < 4.78 is 38.9. The second-order valence-corrected chi connectivity index (χ2v) is 6.01. The summed E-state index contributed by atoms with van der Waals surface area (Å²) in [5.41, 5.74) is -0.721. The molecule has 1 saturated heterocycles. The van der Waals surface area contributed by atoms with Gasteiger partial charge in [-0.1, -0.05) is 0 Å². The lowest BCUT2D eigenvalue weighted by Crippen LogP contribution is -2.48. The van der Waals surface area contributed by atoms with Crippen LogP contribution in [0.5, 0.6) is 0 Å². The fourth-order valence-corrected chi connectivity index (χ4v) is 2.85. The van der Waals surface area contributed by atoms with Crippen molar-refractivity contribution in [2.45, 2.75) is 32.0 Å². The van der Waals surface area contributed by atoms with Crippen molar-refractivity contribution in [3.8, 4) is 0 Å². The van der Waals surface area contributed by atoms with Crippen molar-refractivity contribution in [1.82, 2.24) is 25.3 Å². The predicted molar refractivity (Wildman–Crippen MR) is 86.5 cm³/mol. The van der Waals surface area contributed by atoms with Gasteiger partial charge in [-0.15, -0.1) is 0 Å². The Morgan fingerprint density at radius 2 is 2.15 bits per heavy atom. The van der Waals surface area contributed by atoms with Crippen molar-refractivity contribution < 1.29 is 18.0 Å². The first kappa shape index (κ1) is 18.0. The molecule has 0 aromatic carbocycles. The lowest BCUT2D eigenvalue weighted by molar-refractivity contribution is -0.141. The average Bonchev–Trinajstić information content (AvgIpc) is 2.61. The number of hydrogen-bond donors (Lipinski definition) is 1. The Morgan fingerprint density at radius 3 is 2.85 bits per heavy atom. The van der Waals surface area contributed by atoms with E-state index in [9.17, 15) is 18.0 Å². The van der Waals surface area contributed by atoms with E-state index < -0.39 is 11.9 Å². The Kier molecular flexibility index (Phi) is 5.01. The van der Waals surface area contributed by atoms with Gasteiger partial charge in [0.1, 0.15) is 29.4 Å². The molecule has 10 heteroatoms. The van der Waals surface area contributed by atoms with E-state index in [1.807, 2.05) is 0 Å². The molecule has 1 atom stereocenters. The minimum absolute atomic E-state index is 0.0574. The molecule has 0 aliphatic carbocycles. The molecule has 1 N–H and O–H groups in total. The van der Waals surface area contributed by atoms with Crippen LogP contribution >= 0.6 is 0 Å². The Balaban J connectivity index is 1.73. The van der Waals surface area contributed by atoms with Crippen molar-refractivity contribution in [1.29, 1.82) is 0 Å². The van der Waals surface area contributed by atoms with Crippen molar-refractivity contribution in [3.63, 3.8) is 0 Å². The van der Waals surface area contributed by atoms with E-state index in [0.29, 0.717) is 13.1 Å². The Bertz CT molecular complexity index is 783. The van der Waals surface area contributed by atoms with Crippen LogP contribution in [0.4, 0.5) is 19.0 Å². The number of aryl methyl sites for hydroxylation is 1. The molecule has 0 bridgehead atoms. The van der Waals surface area contributed by atoms with Crippen molar-refractivity contribution in [2.75, 3.05) is 18.0 Å². The molecule has 0 saturated carbocycles. The summed E-state index contributed by atoms with van der Waals surface area (Å²) in [5.74, 6) is -0.0677. The van der Waals surface area contributed by atoms with Crippen molar-refractivity contribution in [2.24, 2.45) is 0 Å². The predicted octanol–water partition coefficient (Wildman–Crippen LogP) is 1.99. The SMILES string of the molecule is Cc1nc(N2CCCC(NC(=O)c3ccncn3)C2)cc(C(F)(F)F)n1. The number of piperidine rings is 1. The van der Waals surface area contributed by atoms with Gasteiger partial charge in [-0.05, 0) is 25.8 Å². The summed E-state index contributed by atoms with van der Waals surface area (Å²) in [5, 5.41) is 2.86. The maximum Gasteiger partial charge on any atom is 0.433 e. The van der Waals surface area contributed by atoms with Gasteiger partial charge in [-0.25, -0.2) is 19.9 Å². The molecule has 2 aromatic rings. The lowest BCUT2D eigenvalue weighted by Gasteiger charge is -2.34. The van der Waals surface area contributed by atoms with Gasteiger partial charge >= 0.3 is 6.18 Å². The van der Waals surface area contributed by atoms with Gasteiger partial charge in [-0.3, -0.25) is 4.79 Å². The number of anilines is 1. The van der Waals surface area contributed by atoms with Crippen LogP contribution in [0.25, 0.3) is 0 Å². The van der Waals surface area contributed by atoms with E-state index in [4.69, 9.17) is 0 Å². The molecule has 0 spiro atoms. The van der Waals surface area contributed by atoms with Gasteiger partial charge in [0.05, 0.1) is 0 Å². The number of carbonyl (C=O) groups is 1. The summed E-state index contributed by atoms with van der Waals surface area (Å²) in [7, 11) is 0. The van der Waals surface area contributed by atoms with Crippen LogP contribution in [0.1, 0.15) is 34.8 Å². The molecule has 138 valence electrons. The number of alkyl halides is 3. The van der Waals surface area contributed by atoms with Gasteiger partial charge in [0, 0.05) is 31.4 Å². The number of carbonyl (C=O) groups excluding carboxylic acids is 1. The Labute approximate surface area is 147 Å². The van der Waals surface area contributed by atoms with Crippen LogP contribution in [0.2, 0.25) is 0 Å². The number of halogens is 3. The number of rotatable bonds is 3. The van der Waals surface area contributed by atoms with Gasteiger partial charge in [0.25, 0.3) is 5.91 Å². The fraction of sp³-hybridized carbons (Fsp3) is 0.438. The molecule has 3 rings (SSSR count). The third-order valence-electron chi connectivity index (χ3n) is 4.01. The Morgan fingerprint density at radius 1 is 1.35 bits per heavy atom. The maximum absolute atomic E-state index is 13.0. The molecule has 1 aliphatic heterocycles. The number of nitrogens with one attached hydrogen (secondary N) is 1. The van der Waals surface area contributed by atoms with E-state index in [-0.39, 0.29) is 29.3 Å². The van der Waals surface area contributed by atoms with Gasteiger partial charge in [0.15, 0.2) is 0 Å². The van der Waals surface area contributed by atoms with E-state index in [1.165, 1.54) is 25.5 Å².